The second-order valence-corrected chi connectivity index (χ2v) is 19.4. The lowest BCUT2D eigenvalue weighted by Gasteiger charge is -2.15. The Bertz CT molecular complexity index is 5060. The van der Waals surface area contributed by atoms with Crippen molar-refractivity contribution in [2.75, 3.05) is 0 Å². The Kier molecular flexibility index (Phi) is 7.22. The van der Waals surface area contributed by atoms with Crippen molar-refractivity contribution in [3.8, 4) is 62.1 Å². The van der Waals surface area contributed by atoms with Crippen LogP contribution in [0.25, 0.3) is 146 Å². The third kappa shape index (κ3) is 5.99. The fraction of sp³-hybridized carbons (Fsp3) is 0. The van der Waals surface area contributed by atoms with E-state index in [1.807, 2.05) is 72.8 Å². The maximum atomic E-state index is 9.28. The van der Waals surface area contributed by atoms with Gasteiger partial charge in [0.05, 0.1) is 26.3 Å². The molecule has 0 bridgehead atoms. The number of para-hydroxylation sites is 5. The summed E-state index contributed by atoms with van der Waals surface area (Å²) < 4.78 is 75.3. The number of benzene rings is 10. The molecular weight excluding hydrogens is 893 g/mol. The van der Waals surface area contributed by atoms with Gasteiger partial charge in [-0.15, -0.1) is 22.7 Å². The maximum absolute atomic E-state index is 9.28. The molecule has 326 valence electrons. The summed E-state index contributed by atoms with van der Waals surface area (Å²) in [6.07, 6.45) is 0. The van der Waals surface area contributed by atoms with Gasteiger partial charge in [-0.1, -0.05) is 158 Å². The highest BCUT2D eigenvalue weighted by Crippen LogP contribution is 2.45. The Hall–Kier alpha value is -8.75. The molecule has 0 N–H and O–H groups in total. The average molecular weight is 936 g/mol. The smallest absolute Gasteiger partial charge is 0.166 e. The van der Waals surface area contributed by atoms with E-state index in [-0.39, 0.29) is 57.8 Å². The van der Waals surface area contributed by atoms with Gasteiger partial charge in [0.2, 0.25) is 0 Å². The lowest BCUT2D eigenvalue weighted by molar-refractivity contribution is 0.670. The van der Waals surface area contributed by atoms with Crippen LogP contribution in [0.1, 0.15) is 9.60 Å². The maximum Gasteiger partial charge on any atom is 0.166 e. The van der Waals surface area contributed by atoms with Gasteiger partial charge in [0.15, 0.2) is 17.5 Å². The summed E-state index contributed by atoms with van der Waals surface area (Å²) in [7, 11) is 0. The van der Waals surface area contributed by atoms with E-state index in [0.717, 1.165) is 91.0 Å². The van der Waals surface area contributed by atoms with Crippen LogP contribution >= 0.6 is 22.7 Å². The summed E-state index contributed by atoms with van der Waals surface area (Å²) >= 11 is 3.46. The minimum atomic E-state index is -0.467. The van der Waals surface area contributed by atoms with E-state index < -0.39 is 12.1 Å². The molecule has 0 atom stereocenters. The minimum Gasteiger partial charge on any atom is -0.455 e. The van der Waals surface area contributed by atoms with Crippen LogP contribution in [0.4, 0.5) is 0 Å². The number of furan rings is 1. The van der Waals surface area contributed by atoms with Gasteiger partial charge in [0.25, 0.3) is 0 Å². The van der Waals surface area contributed by atoms with Crippen molar-refractivity contribution in [2.45, 2.75) is 0 Å². The molecule has 0 amide bonds. The van der Waals surface area contributed by atoms with Crippen LogP contribution in [-0.4, -0.2) is 19.5 Å². The Morgan fingerprint density at radius 3 is 1.99 bits per heavy atom. The molecule has 0 saturated carbocycles. The fourth-order valence-electron chi connectivity index (χ4n) is 10.3. The van der Waals surface area contributed by atoms with Gasteiger partial charge in [0, 0.05) is 84.1 Å². The number of nitrogens with zero attached hydrogens (tertiary/aromatic N) is 4. The summed E-state index contributed by atoms with van der Waals surface area (Å²) in [5.74, 6) is 1.12. The van der Waals surface area contributed by atoms with Crippen LogP contribution in [0.3, 0.4) is 0 Å². The molecule has 5 heterocycles. The highest BCUT2D eigenvalue weighted by molar-refractivity contribution is 7.26. The van der Waals surface area contributed by atoms with Gasteiger partial charge in [-0.3, -0.25) is 0 Å². The summed E-state index contributed by atoms with van der Waals surface area (Å²) in [6.45, 7) is 0. The Labute approximate surface area is 418 Å². The van der Waals surface area contributed by atoms with E-state index in [1.165, 1.54) is 10.8 Å². The van der Waals surface area contributed by atoms with Gasteiger partial charge in [-0.2, -0.15) is 0 Å². The number of thiophene rings is 2. The summed E-state index contributed by atoms with van der Waals surface area (Å²) in [5, 5.41) is 6.73. The van der Waals surface area contributed by atoms with Crippen LogP contribution in [0.2, 0.25) is 0 Å². The lowest BCUT2D eigenvalue weighted by Crippen LogP contribution is -2.03. The molecule has 5 aromatic heterocycles. The molecule has 0 unspecified atom stereocenters. The zero-order chi connectivity index (χ0) is 52.0. The van der Waals surface area contributed by atoms with Crippen LogP contribution in [0.15, 0.2) is 223 Å². The highest BCUT2D eigenvalue weighted by Gasteiger charge is 2.22. The van der Waals surface area contributed by atoms with Crippen molar-refractivity contribution in [3.63, 3.8) is 0 Å². The number of hydrogen-bond donors (Lipinski definition) is 0. The molecule has 0 spiro atoms. The first-order chi connectivity index (χ1) is 37.6. The van der Waals surface area contributed by atoms with E-state index in [1.54, 1.807) is 33.3 Å². The highest BCUT2D eigenvalue weighted by atomic mass is 32.1. The molecular formula is C63H36N4OS2. The molecule has 0 aliphatic rings. The van der Waals surface area contributed by atoms with Gasteiger partial charge >= 0.3 is 0 Å². The van der Waals surface area contributed by atoms with E-state index >= 15 is 0 Å². The molecule has 0 saturated heterocycles. The topological polar surface area (TPSA) is 56.7 Å². The quantitative estimate of drug-likeness (QED) is 0.167. The molecule has 0 aliphatic carbocycles. The second kappa shape index (κ2) is 15.4. The average Bonchev–Trinajstić information content (AvgIpc) is 4.46. The van der Waals surface area contributed by atoms with Gasteiger partial charge in [-0.05, 0) is 77.3 Å². The predicted octanol–water partition coefficient (Wildman–Crippen LogP) is 17.9. The summed E-state index contributed by atoms with van der Waals surface area (Å²) in [4.78, 5) is 15.9. The van der Waals surface area contributed by atoms with Crippen molar-refractivity contribution < 1.29 is 14.0 Å². The second-order valence-electron chi connectivity index (χ2n) is 17.3. The third-order valence-electron chi connectivity index (χ3n) is 13.4. The fourth-order valence-corrected chi connectivity index (χ4v) is 12.6. The molecule has 0 fully saturated rings. The normalized spacial score (nSPS) is 13.4. The van der Waals surface area contributed by atoms with Crippen molar-refractivity contribution in [1.29, 1.82) is 0 Å². The van der Waals surface area contributed by atoms with E-state index in [2.05, 4.69) is 91.0 Å². The number of aromatic nitrogens is 4. The van der Waals surface area contributed by atoms with E-state index in [4.69, 9.17) is 26.2 Å². The van der Waals surface area contributed by atoms with Crippen LogP contribution in [0.5, 0.6) is 0 Å². The van der Waals surface area contributed by atoms with Crippen LogP contribution in [-0.2, 0) is 0 Å². The Morgan fingerprint density at radius 1 is 0.400 bits per heavy atom. The summed E-state index contributed by atoms with van der Waals surface area (Å²) in [5.41, 5.74) is 8.62. The Balaban J connectivity index is 0.933. The first-order valence-corrected chi connectivity index (χ1v) is 24.5. The van der Waals surface area contributed by atoms with Crippen molar-refractivity contribution >= 4 is 107 Å². The monoisotopic (exact) mass is 935 g/mol. The minimum absolute atomic E-state index is 0.0626. The SMILES string of the molecule is [2H]c1cc([2H])c2c(c1[2H])c1c([2H])c([2H])c([2H])c([2H])c1n2-c1ccccc1-c1nc(-c2cccc(-c3cccc4c3sc3ccc(-c5cccc6c5oc5ccccc56)cc34)c2)nc(-c2cccc3sc4ccccc4c23)n1. The van der Waals surface area contributed by atoms with Crippen LogP contribution in [0, 0.1) is 0 Å². The van der Waals surface area contributed by atoms with Crippen LogP contribution < -0.4 is 0 Å². The zero-order valence-corrected chi connectivity index (χ0v) is 38.4. The molecule has 0 aliphatic heterocycles. The Morgan fingerprint density at radius 2 is 1.04 bits per heavy atom. The van der Waals surface area contributed by atoms with Crippen molar-refractivity contribution in [2.24, 2.45) is 0 Å². The van der Waals surface area contributed by atoms with Gasteiger partial charge < -0.3 is 8.98 Å². The summed E-state index contributed by atoms with van der Waals surface area (Å²) in [6, 6.07) is 56.7. The number of fused-ring (bicyclic) bond motifs is 12. The van der Waals surface area contributed by atoms with Gasteiger partial charge in [0.1, 0.15) is 11.2 Å². The lowest BCUT2D eigenvalue weighted by atomic mass is 9.98. The zero-order valence-electron chi connectivity index (χ0n) is 43.8. The molecule has 15 rings (SSSR count). The molecule has 7 heteroatoms. The molecule has 15 aromatic rings. The number of rotatable bonds is 6. The largest absolute Gasteiger partial charge is 0.455 e. The first-order valence-electron chi connectivity index (χ1n) is 26.3. The van der Waals surface area contributed by atoms with E-state index in [9.17, 15) is 2.74 Å². The third-order valence-corrected chi connectivity index (χ3v) is 15.7. The van der Waals surface area contributed by atoms with Crippen molar-refractivity contribution in [1.82, 2.24) is 19.5 Å². The van der Waals surface area contributed by atoms with Gasteiger partial charge in [-0.25, -0.2) is 15.0 Å². The molecule has 0 radical (unpaired) electrons. The van der Waals surface area contributed by atoms with Crippen molar-refractivity contribution in [3.05, 3.63) is 218 Å². The molecule has 10 aromatic carbocycles. The van der Waals surface area contributed by atoms with E-state index in [0.29, 0.717) is 22.9 Å². The predicted molar refractivity (Wildman–Crippen MR) is 294 cm³/mol. The molecule has 70 heavy (non-hydrogen) atoms. The molecule has 5 nitrogen and oxygen atoms in total. The standard InChI is InChI=1S/C63H36N4OS2/c1-6-27-51-42(17-1)43-18-2-7-28-52(43)67(51)53-29-8-3-20-47(53)62-64-61(65-63(66-62)49-26-14-32-57-58(49)48-21-5-10-31-55(48)69-57)39-16-11-15-37(35-39)41-23-13-25-46-50-36-38(33-34-56(50)70-60(41)46)40-22-12-24-45-44-19-4-9-30-54(44)68-59(40)45/h1-36H/i1D,2D,6D,17D,18D,27D,28D. The number of hydrogen-bond acceptors (Lipinski definition) is 6. The first kappa shape index (κ1) is 32.9.